The van der Waals surface area contributed by atoms with Gasteiger partial charge in [-0.1, -0.05) is 0 Å². The van der Waals surface area contributed by atoms with Crippen molar-refractivity contribution in [2.24, 2.45) is 5.73 Å². The van der Waals surface area contributed by atoms with Crippen molar-refractivity contribution < 1.29 is 24.1 Å². The lowest BCUT2D eigenvalue weighted by Gasteiger charge is -2.23. The Kier molecular flexibility index (Phi) is 2.84. The summed E-state index contributed by atoms with van der Waals surface area (Å²) in [4.78, 5) is 0. The van der Waals surface area contributed by atoms with Gasteiger partial charge in [0, 0.05) is 12.6 Å². The summed E-state index contributed by atoms with van der Waals surface area (Å²) in [6.45, 7) is 0.411. The van der Waals surface area contributed by atoms with E-state index in [4.69, 9.17) is 15.2 Å². The smallest absolute Gasteiger partial charge is 0.174 e. The molecule has 6 heteroatoms. The van der Waals surface area contributed by atoms with E-state index in [1.807, 2.05) is 0 Å². The van der Waals surface area contributed by atoms with Gasteiger partial charge in [-0.3, -0.25) is 0 Å². The zero-order chi connectivity index (χ0) is 11.7. The summed E-state index contributed by atoms with van der Waals surface area (Å²) in [6.07, 6.45) is -1.23. The molecule has 1 aliphatic rings. The SMILES string of the molecule is NCC(O)c1c(F)c(O)cc2c1OCCO2. The maximum atomic E-state index is 13.6. The van der Waals surface area contributed by atoms with Crippen molar-refractivity contribution >= 4 is 0 Å². The number of phenols is 1. The summed E-state index contributed by atoms with van der Waals surface area (Å²) in [7, 11) is 0. The van der Waals surface area contributed by atoms with E-state index < -0.39 is 17.7 Å². The number of halogens is 1. The molecule has 1 unspecified atom stereocenters. The quantitative estimate of drug-likeness (QED) is 0.679. The highest BCUT2D eigenvalue weighted by Crippen LogP contribution is 2.42. The van der Waals surface area contributed by atoms with Crippen LogP contribution in [0.2, 0.25) is 0 Å². The van der Waals surface area contributed by atoms with Crippen molar-refractivity contribution in [3.63, 3.8) is 0 Å². The molecular weight excluding hydrogens is 217 g/mol. The molecule has 0 radical (unpaired) electrons. The van der Waals surface area contributed by atoms with Crippen molar-refractivity contribution in [1.82, 2.24) is 0 Å². The molecule has 16 heavy (non-hydrogen) atoms. The summed E-state index contributed by atoms with van der Waals surface area (Å²) < 4.78 is 24.0. The molecule has 88 valence electrons. The molecule has 1 heterocycles. The van der Waals surface area contributed by atoms with Gasteiger partial charge in [0.15, 0.2) is 23.1 Å². The van der Waals surface area contributed by atoms with Crippen LogP contribution >= 0.6 is 0 Å². The van der Waals surface area contributed by atoms with Crippen LogP contribution in [-0.2, 0) is 0 Å². The van der Waals surface area contributed by atoms with E-state index in [9.17, 15) is 14.6 Å². The Morgan fingerprint density at radius 3 is 2.81 bits per heavy atom. The number of hydrogen-bond donors (Lipinski definition) is 3. The van der Waals surface area contributed by atoms with Crippen LogP contribution in [0.25, 0.3) is 0 Å². The van der Waals surface area contributed by atoms with Gasteiger partial charge in [-0.25, -0.2) is 4.39 Å². The van der Waals surface area contributed by atoms with Crippen LogP contribution in [0.1, 0.15) is 11.7 Å². The van der Waals surface area contributed by atoms with E-state index in [0.717, 1.165) is 6.07 Å². The Hall–Kier alpha value is -1.53. The second-order valence-corrected chi connectivity index (χ2v) is 3.40. The van der Waals surface area contributed by atoms with E-state index in [2.05, 4.69) is 0 Å². The molecule has 5 nitrogen and oxygen atoms in total. The monoisotopic (exact) mass is 229 g/mol. The van der Waals surface area contributed by atoms with Crippen LogP contribution < -0.4 is 15.2 Å². The van der Waals surface area contributed by atoms with Gasteiger partial charge in [-0.2, -0.15) is 0 Å². The molecule has 0 bridgehead atoms. The van der Waals surface area contributed by atoms with Crippen molar-refractivity contribution in [2.75, 3.05) is 19.8 Å². The maximum Gasteiger partial charge on any atom is 0.174 e. The fourth-order valence-corrected chi connectivity index (χ4v) is 1.59. The van der Waals surface area contributed by atoms with Gasteiger partial charge in [0.25, 0.3) is 0 Å². The normalized spacial score (nSPS) is 15.9. The minimum Gasteiger partial charge on any atom is -0.505 e. The molecule has 1 aromatic carbocycles. The first-order valence-electron chi connectivity index (χ1n) is 4.84. The van der Waals surface area contributed by atoms with Gasteiger partial charge < -0.3 is 25.4 Å². The maximum absolute atomic E-state index is 13.6. The van der Waals surface area contributed by atoms with Gasteiger partial charge in [0.1, 0.15) is 13.2 Å². The third-order valence-electron chi connectivity index (χ3n) is 2.34. The number of benzene rings is 1. The highest BCUT2D eigenvalue weighted by Gasteiger charge is 2.27. The summed E-state index contributed by atoms with van der Waals surface area (Å²) in [5, 5.41) is 18.9. The Morgan fingerprint density at radius 1 is 1.44 bits per heavy atom. The van der Waals surface area contributed by atoms with Crippen LogP contribution in [0.4, 0.5) is 4.39 Å². The number of phenolic OH excluding ortho intramolecular Hbond substituents is 1. The molecule has 1 atom stereocenters. The molecule has 0 saturated carbocycles. The van der Waals surface area contributed by atoms with Crippen molar-refractivity contribution in [3.8, 4) is 17.2 Å². The fourth-order valence-electron chi connectivity index (χ4n) is 1.59. The highest BCUT2D eigenvalue weighted by atomic mass is 19.1. The summed E-state index contributed by atoms with van der Waals surface area (Å²) >= 11 is 0. The number of hydrogen-bond acceptors (Lipinski definition) is 5. The Labute approximate surface area is 91.2 Å². The van der Waals surface area contributed by atoms with Crippen LogP contribution in [0.3, 0.4) is 0 Å². The zero-order valence-corrected chi connectivity index (χ0v) is 8.44. The minimum absolute atomic E-state index is 0.111. The minimum atomic E-state index is -1.23. The topological polar surface area (TPSA) is 84.9 Å². The van der Waals surface area contributed by atoms with Gasteiger partial charge >= 0.3 is 0 Å². The standard InChI is InChI=1S/C10H12FNO4/c11-9-5(13)3-7-10(16-2-1-15-7)8(9)6(14)4-12/h3,6,13-14H,1-2,4,12H2. The second-order valence-electron chi connectivity index (χ2n) is 3.40. The summed E-state index contributed by atoms with van der Waals surface area (Å²) in [6, 6.07) is 1.12. The second kappa shape index (κ2) is 4.15. The summed E-state index contributed by atoms with van der Waals surface area (Å²) in [5.41, 5.74) is 5.11. The number of nitrogens with two attached hydrogens (primary N) is 1. The molecule has 0 aliphatic carbocycles. The van der Waals surface area contributed by atoms with E-state index in [1.165, 1.54) is 0 Å². The number of fused-ring (bicyclic) bond motifs is 1. The van der Waals surface area contributed by atoms with Crippen LogP contribution in [0.15, 0.2) is 6.07 Å². The predicted molar refractivity (Wildman–Crippen MR) is 53.1 cm³/mol. The first-order valence-corrected chi connectivity index (χ1v) is 4.84. The highest BCUT2D eigenvalue weighted by molar-refractivity contribution is 5.54. The molecule has 2 rings (SSSR count). The Bertz CT molecular complexity index is 410. The lowest BCUT2D eigenvalue weighted by molar-refractivity contribution is 0.144. The average molecular weight is 229 g/mol. The van der Waals surface area contributed by atoms with Crippen molar-refractivity contribution in [2.45, 2.75) is 6.10 Å². The molecule has 1 aliphatic heterocycles. The number of aliphatic hydroxyl groups is 1. The lowest BCUT2D eigenvalue weighted by atomic mass is 10.1. The molecule has 0 fully saturated rings. The van der Waals surface area contributed by atoms with E-state index >= 15 is 0 Å². The lowest BCUT2D eigenvalue weighted by Crippen LogP contribution is -2.20. The zero-order valence-electron chi connectivity index (χ0n) is 8.44. The Balaban J connectivity index is 2.59. The fraction of sp³-hybridized carbons (Fsp3) is 0.400. The number of ether oxygens (including phenoxy) is 2. The first kappa shape index (κ1) is 11.0. The third kappa shape index (κ3) is 1.66. The predicted octanol–water partition coefficient (Wildman–Crippen LogP) is 0.295. The molecule has 0 saturated heterocycles. The van der Waals surface area contributed by atoms with Gasteiger partial charge in [0.05, 0.1) is 11.7 Å². The van der Waals surface area contributed by atoms with Crippen molar-refractivity contribution in [3.05, 3.63) is 17.4 Å². The molecule has 0 amide bonds. The van der Waals surface area contributed by atoms with Crippen LogP contribution in [0, 0.1) is 5.82 Å². The van der Waals surface area contributed by atoms with E-state index in [0.29, 0.717) is 6.61 Å². The third-order valence-corrected chi connectivity index (χ3v) is 2.34. The molecular formula is C10H12FNO4. The summed E-state index contributed by atoms with van der Waals surface area (Å²) in [5.74, 6) is -1.19. The number of aromatic hydroxyl groups is 1. The molecule has 4 N–H and O–H groups in total. The average Bonchev–Trinajstić information content (AvgIpc) is 2.30. The van der Waals surface area contributed by atoms with Crippen molar-refractivity contribution in [1.29, 1.82) is 0 Å². The Morgan fingerprint density at radius 2 is 2.12 bits per heavy atom. The largest absolute Gasteiger partial charge is 0.505 e. The van der Waals surface area contributed by atoms with Gasteiger partial charge in [0.2, 0.25) is 0 Å². The first-order chi connectivity index (χ1) is 7.65. The van der Waals surface area contributed by atoms with Crippen LogP contribution in [0.5, 0.6) is 17.2 Å². The van der Waals surface area contributed by atoms with Gasteiger partial charge in [-0.15, -0.1) is 0 Å². The van der Waals surface area contributed by atoms with Gasteiger partial charge in [-0.05, 0) is 0 Å². The van der Waals surface area contributed by atoms with E-state index in [-0.39, 0.29) is 30.2 Å². The molecule has 0 spiro atoms. The number of aliphatic hydroxyl groups excluding tert-OH is 1. The molecule has 1 aromatic rings. The molecule has 0 aromatic heterocycles. The number of rotatable bonds is 2. The van der Waals surface area contributed by atoms with Crippen LogP contribution in [-0.4, -0.2) is 30.0 Å². The van der Waals surface area contributed by atoms with E-state index in [1.54, 1.807) is 0 Å².